The van der Waals surface area contributed by atoms with E-state index in [1.165, 1.54) is 6.07 Å². The molecule has 102 valence electrons. The van der Waals surface area contributed by atoms with Gasteiger partial charge in [0.15, 0.2) is 0 Å². The lowest BCUT2D eigenvalue weighted by molar-refractivity contribution is 0.629. The molecule has 0 saturated heterocycles. The number of rotatable bonds is 4. The Morgan fingerprint density at radius 2 is 2.20 bits per heavy atom. The van der Waals surface area contributed by atoms with Crippen LogP contribution < -0.4 is 5.73 Å². The van der Waals surface area contributed by atoms with Gasteiger partial charge in [0.05, 0.1) is 0 Å². The number of hydrogen-bond acceptors (Lipinski definition) is 2. The van der Waals surface area contributed by atoms with Crippen LogP contribution in [0.3, 0.4) is 0 Å². The summed E-state index contributed by atoms with van der Waals surface area (Å²) in [7, 11) is 0. The molecule has 0 spiro atoms. The molecule has 3 rings (SSSR count). The normalized spacial score (nSPS) is 12.7. The maximum absolute atomic E-state index is 13.4. The maximum Gasteiger partial charge on any atom is 0.123 e. The molecule has 0 bridgehead atoms. The van der Waals surface area contributed by atoms with Crippen molar-refractivity contribution >= 4 is 10.9 Å². The first-order valence-corrected chi connectivity index (χ1v) is 6.63. The van der Waals surface area contributed by atoms with Crippen LogP contribution in [-0.4, -0.2) is 16.5 Å². The summed E-state index contributed by atoms with van der Waals surface area (Å²) in [6.45, 7) is 0.512. The molecule has 0 radical (unpaired) electrons. The van der Waals surface area contributed by atoms with E-state index in [2.05, 4.69) is 9.97 Å². The van der Waals surface area contributed by atoms with Crippen molar-refractivity contribution in [2.45, 2.75) is 12.3 Å². The van der Waals surface area contributed by atoms with Crippen LogP contribution in [0.4, 0.5) is 4.39 Å². The third kappa shape index (κ3) is 2.42. The summed E-state index contributed by atoms with van der Waals surface area (Å²) in [5.41, 5.74) is 9.04. The molecule has 0 saturated carbocycles. The number of aromatic amines is 1. The minimum atomic E-state index is -0.226. The molecule has 0 fully saturated rings. The highest BCUT2D eigenvalue weighted by Gasteiger charge is 2.15. The number of halogens is 1. The van der Waals surface area contributed by atoms with E-state index in [1.807, 2.05) is 24.5 Å². The lowest BCUT2D eigenvalue weighted by atomic mass is 9.92. The molecular formula is C16H16FN3. The minimum Gasteiger partial charge on any atom is -0.361 e. The highest BCUT2D eigenvalue weighted by molar-refractivity contribution is 5.83. The van der Waals surface area contributed by atoms with Crippen LogP contribution in [0.1, 0.15) is 17.0 Å². The Labute approximate surface area is 116 Å². The van der Waals surface area contributed by atoms with Gasteiger partial charge in [-0.15, -0.1) is 0 Å². The van der Waals surface area contributed by atoms with Gasteiger partial charge in [-0.3, -0.25) is 4.98 Å². The summed E-state index contributed by atoms with van der Waals surface area (Å²) in [5, 5.41) is 0.907. The summed E-state index contributed by atoms with van der Waals surface area (Å²) >= 11 is 0. The Balaban J connectivity index is 1.97. The van der Waals surface area contributed by atoms with Crippen molar-refractivity contribution in [1.29, 1.82) is 0 Å². The average molecular weight is 269 g/mol. The largest absolute Gasteiger partial charge is 0.361 e. The Hall–Kier alpha value is -2.20. The Kier molecular flexibility index (Phi) is 3.48. The Morgan fingerprint density at radius 3 is 2.95 bits per heavy atom. The maximum atomic E-state index is 13.4. The quantitative estimate of drug-likeness (QED) is 0.765. The van der Waals surface area contributed by atoms with Gasteiger partial charge in [-0.25, -0.2) is 4.39 Å². The molecule has 4 heteroatoms. The van der Waals surface area contributed by atoms with Crippen molar-refractivity contribution < 1.29 is 4.39 Å². The second-order valence-corrected chi connectivity index (χ2v) is 4.93. The zero-order valence-corrected chi connectivity index (χ0v) is 11.0. The predicted molar refractivity (Wildman–Crippen MR) is 78.0 cm³/mol. The molecule has 20 heavy (non-hydrogen) atoms. The van der Waals surface area contributed by atoms with Gasteiger partial charge in [-0.05, 0) is 48.4 Å². The first-order valence-electron chi connectivity index (χ1n) is 6.63. The van der Waals surface area contributed by atoms with E-state index in [-0.39, 0.29) is 11.7 Å². The van der Waals surface area contributed by atoms with Gasteiger partial charge in [0, 0.05) is 35.4 Å². The molecule has 1 atom stereocenters. The van der Waals surface area contributed by atoms with Crippen LogP contribution >= 0.6 is 0 Å². The van der Waals surface area contributed by atoms with Crippen molar-refractivity contribution in [1.82, 2.24) is 9.97 Å². The van der Waals surface area contributed by atoms with E-state index in [4.69, 9.17) is 5.73 Å². The van der Waals surface area contributed by atoms with Crippen LogP contribution in [0.25, 0.3) is 10.9 Å². The standard InChI is InChI=1S/C16H16FN3/c17-13-3-4-16-14(7-13)15(10-20-16)12(8-18)6-11-2-1-5-19-9-11/h1-5,7,9-10,12,20H,6,8,18H2. The number of nitrogens with two attached hydrogens (primary N) is 1. The van der Waals surface area contributed by atoms with E-state index in [0.717, 1.165) is 28.5 Å². The summed E-state index contributed by atoms with van der Waals surface area (Å²) in [5.74, 6) is -0.0785. The second kappa shape index (κ2) is 5.43. The number of nitrogens with one attached hydrogen (secondary N) is 1. The van der Waals surface area contributed by atoms with Crippen LogP contribution in [0.5, 0.6) is 0 Å². The number of benzene rings is 1. The van der Waals surface area contributed by atoms with Crippen molar-refractivity contribution in [3.63, 3.8) is 0 Å². The summed E-state index contributed by atoms with van der Waals surface area (Å²) in [6.07, 6.45) is 6.33. The van der Waals surface area contributed by atoms with Crippen LogP contribution in [0, 0.1) is 5.82 Å². The van der Waals surface area contributed by atoms with E-state index >= 15 is 0 Å². The molecule has 3 nitrogen and oxygen atoms in total. The van der Waals surface area contributed by atoms with Crippen LogP contribution in [-0.2, 0) is 6.42 Å². The Bertz CT molecular complexity index is 706. The number of fused-ring (bicyclic) bond motifs is 1. The van der Waals surface area contributed by atoms with Crippen molar-refractivity contribution in [2.24, 2.45) is 5.73 Å². The third-order valence-electron chi connectivity index (χ3n) is 3.61. The molecular weight excluding hydrogens is 253 g/mol. The summed E-state index contributed by atoms with van der Waals surface area (Å²) in [6, 6.07) is 8.73. The fourth-order valence-electron chi connectivity index (χ4n) is 2.58. The molecule has 0 aliphatic rings. The molecule has 3 aromatic rings. The molecule has 0 aliphatic heterocycles. The Morgan fingerprint density at radius 1 is 1.30 bits per heavy atom. The number of nitrogens with zero attached hydrogens (tertiary/aromatic N) is 1. The lowest BCUT2D eigenvalue weighted by Gasteiger charge is -2.14. The molecule has 0 aliphatic carbocycles. The monoisotopic (exact) mass is 269 g/mol. The van der Waals surface area contributed by atoms with Crippen LogP contribution in [0.15, 0.2) is 48.9 Å². The lowest BCUT2D eigenvalue weighted by Crippen LogP contribution is -2.14. The average Bonchev–Trinajstić information content (AvgIpc) is 2.89. The second-order valence-electron chi connectivity index (χ2n) is 4.93. The highest BCUT2D eigenvalue weighted by atomic mass is 19.1. The molecule has 1 aromatic carbocycles. The number of aromatic nitrogens is 2. The molecule has 0 amide bonds. The predicted octanol–water partition coefficient (Wildman–Crippen LogP) is 2.99. The zero-order valence-electron chi connectivity index (χ0n) is 11.0. The third-order valence-corrected chi connectivity index (χ3v) is 3.61. The first kappa shape index (κ1) is 12.8. The van der Waals surface area contributed by atoms with E-state index in [0.29, 0.717) is 6.54 Å². The zero-order chi connectivity index (χ0) is 13.9. The highest BCUT2D eigenvalue weighted by Crippen LogP contribution is 2.28. The smallest absolute Gasteiger partial charge is 0.123 e. The summed E-state index contributed by atoms with van der Waals surface area (Å²) < 4.78 is 13.4. The topological polar surface area (TPSA) is 54.7 Å². The van der Waals surface area contributed by atoms with Gasteiger partial charge >= 0.3 is 0 Å². The number of H-pyrrole nitrogens is 1. The molecule has 3 N–H and O–H groups in total. The van der Waals surface area contributed by atoms with E-state index in [9.17, 15) is 4.39 Å². The van der Waals surface area contributed by atoms with Crippen LogP contribution in [0.2, 0.25) is 0 Å². The fraction of sp³-hybridized carbons (Fsp3) is 0.188. The van der Waals surface area contributed by atoms with Gasteiger partial charge in [-0.2, -0.15) is 0 Å². The first-order chi connectivity index (χ1) is 9.78. The van der Waals surface area contributed by atoms with Gasteiger partial charge in [0.1, 0.15) is 5.82 Å². The van der Waals surface area contributed by atoms with Crippen molar-refractivity contribution in [3.05, 3.63) is 65.9 Å². The van der Waals surface area contributed by atoms with Gasteiger partial charge in [0.2, 0.25) is 0 Å². The SMILES string of the molecule is NCC(Cc1cccnc1)c1c[nH]c2ccc(F)cc12. The summed E-state index contributed by atoms with van der Waals surface area (Å²) in [4.78, 5) is 7.30. The van der Waals surface area contributed by atoms with E-state index in [1.54, 1.807) is 18.3 Å². The number of pyridine rings is 1. The van der Waals surface area contributed by atoms with Crippen molar-refractivity contribution in [3.8, 4) is 0 Å². The van der Waals surface area contributed by atoms with Gasteiger partial charge in [-0.1, -0.05) is 6.07 Å². The van der Waals surface area contributed by atoms with Crippen molar-refractivity contribution in [2.75, 3.05) is 6.54 Å². The van der Waals surface area contributed by atoms with E-state index < -0.39 is 0 Å². The fourth-order valence-corrected chi connectivity index (χ4v) is 2.58. The molecule has 1 unspecified atom stereocenters. The minimum absolute atomic E-state index is 0.148. The van der Waals surface area contributed by atoms with Gasteiger partial charge < -0.3 is 10.7 Å². The molecule has 2 heterocycles. The number of hydrogen-bond donors (Lipinski definition) is 2. The molecule has 2 aromatic heterocycles. The van der Waals surface area contributed by atoms with Gasteiger partial charge in [0.25, 0.3) is 0 Å².